The van der Waals surface area contributed by atoms with Crippen molar-refractivity contribution in [3.63, 3.8) is 0 Å². The first kappa shape index (κ1) is 23.7. The lowest BCUT2D eigenvalue weighted by Crippen LogP contribution is -2.32. The van der Waals surface area contributed by atoms with Crippen molar-refractivity contribution in [1.82, 2.24) is 34.7 Å². The quantitative estimate of drug-likeness (QED) is 0.368. The van der Waals surface area contributed by atoms with Crippen molar-refractivity contribution < 1.29 is 9.90 Å². The minimum absolute atomic E-state index is 0.166. The normalized spacial score (nSPS) is 17.5. The molecule has 3 aromatic heterocycles. The summed E-state index contributed by atoms with van der Waals surface area (Å²) in [5.41, 5.74) is 4.30. The number of imidazole rings is 1. The molecule has 3 heterocycles. The topological polar surface area (TPSA) is 132 Å². The van der Waals surface area contributed by atoms with Crippen LogP contribution in [-0.4, -0.2) is 45.8 Å². The summed E-state index contributed by atoms with van der Waals surface area (Å²) in [7, 11) is 0. The van der Waals surface area contributed by atoms with E-state index < -0.39 is 11.9 Å². The first-order chi connectivity index (χ1) is 17.6. The van der Waals surface area contributed by atoms with Crippen molar-refractivity contribution in [2.45, 2.75) is 58.0 Å². The summed E-state index contributed by atoms with van der Waals surface area (Å²) in [5, 5.41) is 24.2. The van der Waals surface area contributed by atoms with E-state index in [0.29, 0.717) is 25.2 Å². The number of aryl methyl sites for hydroxylation is 1. The van der Waals surface area contributed by atoms with Gasteiger partial charge in [-0.25, -0.2) is 4.79 Å². The third-order valence-electron chi connectivity index (χ3n) is 7.06. The van der Waals surface area contributed by atoms with Gasteiger partial charge in [-0.3, -0.25) is 18.9 Å². The number of carboxylic acid groups (broad SMARTS) is 1. The number of aromatic amines is 1. The van der Waals surface area contributed by atoms with Gasteiger partial charge < -0.3 is 5.11 Å². The number of carboxylic acids is 1. The second-order valence-corrected chi connectivity index (χ2v) is 9.26. The molecule has 2 unspecified atom stereocenters. The van der Waals surface area contributed by atoms with Crippen LogP contribution in [0.2, 0.25) is 0 Å². The van der Waals surface area contributed by atoms with Gasteiger partial charge in [-0.2, -0.15) is 5.21 Å². The molecule has 0 radical (unpaired) electrons. The van der Waals surface area contributed by atoms with Crippen LogP contribution in [0, 0.1) is 5.92 Å². The summed E-state index contributed by atoms with van der Waals surface area (Å²) >= 11 is 0. The van der Waals surface area contributed by atoms with Crippen LogP contribution in [0.4, 0.5) is 0 Å². The van der Waals surface area contributed by atoms with Gasteiger partial charge in [0.1, 0.15) is 0 Å². The summed E-state index contributed by atoms with van der Waals surface area (Å²) in [6.07, 6.45) is 10.2. The van der Waals surface area contributed by atoms with Gasteiger partial charge in [-0.1, -0.05) is 44.0 Å². The number of hydrogen-bond acceptors (Lipinski definition) is 6. The van der Waals surface area contributed by atoms with Gasteiger partial charge in [0.05, 0.1) is 18.5 Å². The molecule has 0 aliphatic heterocycles. The molecular weight excluding hydrogens is 458 g/mol. The van der Waals surface area contributed by atoms with Crippen LogP contribution in [0.15, 0.2) is 53.7 Å². The van der Waals surface area contributed by atoms with Crippen LogP contribution in [-0.2, 0) is 17.8 Å². The lowest BCUT2D eigenvalue weighted by atomic mass is 9.96. The Labute approximate surface area is 208 Å². The van der Waals surface area contributed by atoms with Crippen molar-refractivity contribution >= 4 is 5.97 Å². The number of tetrazole rings is 1. The molecule has 2 N–H and O–H groups in total. The maximum atomic E-state index is 13.7. The lowest BCUT2D eigenvalue weighted by molar-refractivity contribution is -0.142. The number of nitrogens with one attached hydrogen (secondary N) is 1. The highest BCUT2D eigenvalue weighted by molar-refractivity contribution is 5.81. The van der Waals surface area contributed by atoms with Crippen LogP contribution in [0.1, 0.15) is 56.3 Å². The van der Waals surface area contributed by atoms with Crippen molar-refractivity contribution in [3.05, 3.63) is 70.7 Å². The number of carbonyl (C=O) groups is 1. The highest BCUT2D eigenvalue weighted by Gasteiger charge is 2.35. The Hall–Kier alpha value is -4.08. The van der Waals surface area contributed by atoms with Gasteiger partial charge >= 0.3 is 11.7 Å². The SMILES string of the molecule is CCCCc1cn(C2CCCC2C(=O)O)c(=O)n1Cc1cnccc1-c1ccccc1-c1nn[nH]n1. The number of H-pyrrole nitrogens is 1. The molecule has 1 fully saturated rings. The zero-order valence-electron chi connectivity index (χ0n) is 20.2. The van der Waals surface area contributed by atoms with Crippen LogP contribution in [0.25, 0.3) is 22.5 Å². The molecule has 0 spiro atoms. The highest BCUT2D eigenvalue weighted by atomic mass is 16.4. The van der Waals surface area contributed by atoms with E-state index in [1.807, 2.05) is 36.5 Å². The lowest BCUT2D eigenvalue weighted by Gasteiger charge is -2.16. The average molecular weight is 488 g/mol. The number of rotatable bonds is 9. The molecule has 1 aromatic carbocycles. The number of benzene rings is 1. The van der Waals surface area contributed by atoms with E-state index in [9.17, 15) is 14.7 Å². The molecule has 0 amide bonds. The van der Waals surface area contributed by atoms with E-state index in [-0.39, 0.29) is 11.7 Å². The summed E-state index contributed by atoms with van der Waals surface area (Å²) < 4.78 is 3.45. The van der Waals surface area contributed by atoms with E-state index in [1.165, 1.54) is 0 Å². The fourth-order valence-electron chi connectivity index (χ4n) is 5.25. The predicted octanol–water partition coefficient (Wildman–Crippen LogP) is 3.71. The van der Waals surface area contributed by atoms with Crippen LogP contribution in [0.5, 0.6) is 0 Å². The largest absolute Gasteiger partial charge is 0.481 e. The van der Waals surface area contributed by atoms with E-state index in [4.69, 9.17) is 0 Å². The summed E-state index contributed by atoms with van der Waals surface area (Å²) in [4.78, 5) is 29.9. The Morgan fingerprint density at radius 2 is 2.00 bits per heavy atom. The van der Waals surface area contributed by atoms with E-state index in [1.54, 1.807) is 21.5 Å². The molecule has 1 aliphatic carbocycles. The Bertz CT molecular complexity index is 1410. The number of aromatic nitrogens is 7. The average Bonchev–Trinajstić information content (AvgIpc) is 3.65. The second-order valence-electron chi connectivity index (χ2n) is 9.26. The molecule has 0 bridgehead atoms. The van der Waals surface area contributed by atoms with Crippen molar-refractivity contribution in [3.8, 4) is 22.5 Å². The van der Waals surface area contributed by atoms with E-state index >= 15 is 0 Å². The number of pyridine rings is 1. The minimum atomic E-state index is -0.833. The molecule has 5 rings (SSSR count). The van der Waals surface area contributed by atoms with Crippen LogP contribution in [0.3, 0.4) is 0 Å². The minimum Gasteiger partial charge on any atom is -0.481 e. The summed E-state index contributed by atoms with van der Waals surface area (Å²) in [6.45, 7) is 2.45. The van der Waals surface area contributed by atoms with Crippen molar-refractivity contribution in [1.29, 1.82) is 0 Å². The first-order valence-electron chi connectivity index (χ1n) is 12.4. The molecule has 0 saturated heterocycles. The van der Waals surface area contributed by atoms with E-state index in [0.717, 1.165) is 53.6 Å². The number of nitrogens with zero attached hydrogens (tertiary/aromatic N) is 6. The zero-order valence-corrected chi connectivity index (χ0v) is 20.2. The Kier molecular flexibility index (Phi) is 6.75. The number of aliphatic carboxylic acids is 1. The highest BCUT2D eigenvalue weighted by Crippen LogP contribution is 2.36. The van der Waals surface area contributed by atoms with Gasteiger partial charge in [0, 0.05) is 29.8 Å². The predicted molar refractivity (Wildman–Crippen MR) is 133 cm³/mol. The molecule has 186 valence electrons. The van der Waals surface area contributed by atoms with Crippen molar-refractivity contribution in [2.75, 3.05) is 0 Å². The fourth-order valence-corrected chi connectivity index (χ4v) is 5.25. The second kappa shape index (κ2) is 10.3. The summed E-state index contributed by atoms with van der Waals surface area (Å²) in [6, 6.07) is 9.41. The third-order valence-corrected chi connectivity index (χ3v) is 7.06. The van der Waals surface area contributed by atoms with Gasteiger partial charge in [0.2, 0.25) is 5.82 Å². The molecule has 10 heteroatoms. The van der Waals surface area contributed by atoms with Gasteiger partial charge in [0.15, 0.2) is 0 Å². The standard InChI is InChI=1S/C26H29N7O3/c1-2-3-7-18-16-33(23-11-6-10-22(23)25(34)35)26(36)32(18)15-17-14-27-13-12-19(17)20-8-4-5-9-21(20)24-28-30-31-29-24/h4-5,8-9,12-14,16,22-23H,2-3,6-7,10-11,15H2,1H3,(H,34,35)(H,28,29,30,31). The first-order valence-corrected chi connectivity index (χ1v) is 12.4. The number of hydrogen-bond donors (Lipinski definition) is 2. The Morgan fingerprint density at radius 3 is 2.75 bits per heavy atom. The summed E-state index contributed by atoms with van der Waals surface area (Å²) in [5.74, 6) is -0.880. The Balaban J connectivity index is 1.57. The molecule has 4 aromatic rings. The van der Waals surface area contributed by atoms with Gasteiger partial charge in [0.25, 0.3) is 0 Å². The molecule has 2 atom stereocenters. The zero-order chi connectivity index (χ0) is 25.1. The molecule has 1 saturated carbocycles. The maximum absolute atomic E-state index is 13.7. The van der Waals surface area contributed by atoms with Gasteiger partial charge in [-0.15, -0.1) is 10.2 Å². The maximum Gasteiger partial charge on any atom is 0.328 e. The number of unbranched alkanes of at least 4 members (excludes halogenated alkanes) is 1. The smallest absolute Gasteiger partial charge is 0.328 e. The van der Waals surface area contributed by atoms with Gasteiger partial charge in [-0.05, 0) is 53.7 Å². The molecule has 10 nitrogen and oxygen atoms in total. The van der Waals surface area contributed by atoms with Crippen LogP contribution >= 0.6 is 0 Å². The third kappa shape index (κ3) is 4.46. The molecule has 36 heavy (non-hydrogen) atoms. The monoisotopic (exact) mass is 487 g/mol. The molecule has 1 aliphatic rings. The Morgan fingerprint density at radius 1 is 1.17 bits per heavy atom. The van der Waals surface area contributed by atoms with E-state index in [2.05, 4.69) is 32.5 Å². The molecular formula is C26H29N7O3. The van der Waals surface area contributed by atoms with Crippen LogP contribution < -0.4 is 5.69 Å². The van der Waals surface area contributed by atoms with Crippen molar-refractivity contribution in [2.24, 2.45) is 5.92 Å². The fraction of sp³-hybridized carbons (Fsp3) is 0.385.